The number of quaternary nitrogens is 1. The number of nitrogens with zero attached hydrogens (tertiary/aromatic N) is 1. The first-order valence-corrected chi connectivity index (χ1v) is 29.3. The van der Waals surface area contributed by atoms with Gasteiger partial charge in [-0.3, -0.25) is 9.59 Å². The van der Waals surface area contributed by atoms with E-state index in [4.69, 9.17) is 18.9 Å². The van der Waals surface area contributed by atoms with Gasteiger partial charge in [-0.15, -0.1) is 0 Å². The summed E-state index contributed by atoms with van der Waals surface area (Å²) < 4.78 is 22.6. The third kappa shape index (κ3) is 57.0. The molecule has 0 aromatic rings. The lowest BCUT2D eigenvalue weighted by molar-refractivity contribution is -0.870. The van der Waals surface area contributed by atoms with Crippen molar-refractivity contribution in [1.82, 2.24) is 0 Å². The summed E-state index contributed by atoms with van der Waals surface area (Å²) in [5.41, 5.74) is 0. The van der Waals surface area contributed by atoms with Crippen molar-refractivity contribution >= 4 is 17.9 Å². The van der Waals surface area contributed by atoms with E-state index in [9.17, 15) is 19.5 Å². The number of hydrogen-bond acceptors (Lipinski definition) is 8. The minimum atomic E-state index is -1.63. The molecule has 0 amide bonds. The predicted octanol–water partition coefficient (Wildman–Crippen LogP) is 16.1. The van der Waals surface area contributed by atoms with Crippen molar-refractivity contribution in [1.29, 1.82) is 0 Å². The summed E-state index contributed by atoms with van der Waals surface area (Å²) in [6.45, 7) is 4.45. The number of rotatable bonds is 52. The highest BCUT2D eigenvalue weighted by molar-refractivity contribution is 5.70. The largest absolute Gasteiger partial charge is 0.545 e. The van der Waals surface area contributed by atoms with Gasteiger partial charge in [-0.1, -0.05) is 218 Å². The molecule has 0 heterocycles. The van der Waals surface area contributed by atoms with Crippen LogP contribution in [-0.2, 0) is 33.3 Å². The molecular weight excluding hydrogens is 935 g/mol. The monoisotopic (exact) mass is 1040 g/mol. The van der Waals surface area contributed by atoms with Crippen LogP contribution in [0.3, 0.4) is 0 Å². The smallest absolute Gasteiger partial charge is 0.306 e. The molecule has 9 nitrogen and oxygen atoms in total. The third-order valence-electron chi connectivity index (χ3n) is 11.9. The second-order valence-electron chi connectivity index (χ2n) is 20.2. The molecule has 0 aliphatic heterocycles. The van der Waals surface area contributed by atoms with Crippen molar-refractivity contribution < 1.29 is 42.9 Å². The van der Waals surface area contributed by atoms with Crippen molar-refractivity contribution in [3.8, 4) is 0 Å². The van der Waals surface area contributed by atoms with Crippen molar-refractivity contribution in [2.45, 2.75) is 219 Å². The molecule has 0 N–H and O–H groups in total. The second kappa shape index (κ2) is 55.7. The molecule has 0 spiro atoms. The molecule has 0 radical (unpaired) electrons. The second-order valence-corrected chi connectivity index (χ2v) is 20.2. The minimum Gasteiger partial charge on any atom is -0.545 e. The van der Waals surface area contributed by atoms with Gasteiger partial charge < -0.3 is 33.3 Å². The van der Waals surface area contributed by atoms with Crippen molar-refractivity contribution in [3.05, 3.63) is 134 Å². The van der Waals surface area contributed by atoms with Gasteiger partial charge in [-0.05, 0) is 109 Å². The zero-order valence-electron chi connectivity index (χ0n) is 48.1. The Balaban J connectivity index is 4.15. The van der Waals surface area contributed by atoms with Crippen molar-refractivity contribution in [2.24, 2.45) is 0 Å². The number of carboxylic acid groups (broad SMARTS) is 1. The van der Waals surface area contributed by atoms with Crippen LogP contribution in [0, 0.1) is 0 Å². The Morgan fingerprint density at radius 3 is 1.08 bits per heavy atom. The average Bonchev–Trinajstić information content (AvgIpc) is 3.38. The zero-order valence-corrected chi connectivity index (χ0v) is 48.1. The van der Waals surface area contributed by atoms with E-state index in [0.717, 1.165) is 116 Å². The Bertz CT molecular complexity index is 1690. The van der Waals surface area contributed by atoms with E-state index >= 15 is 0 Å². The van der Waals surface area contributed by atoms with Gasteiger partial charge in [0.05, 0.1) is 40.3 Å². The van der Waals surface area contributed by atoms with E-state index in [-0.39, 0.29) is 32.7 Å². The fourth-order valence-corrected chi connectivity index (χ4v) is 7.45. The first-order valence-electron chi connectivity index (χ1n) is 29.3. The zero-order chi connectivity index (χ0) is 54.8. The van der Waals surface area contributed by atoms with Crippen LogP contribution in [0.2, 0.25) is 0 Å². The number of hydrogen-bond donors (Lipinski definition) is 0. The maximum absolute atomic E-state index is 12.8. The molecule has 2 unspecified atom stereocenters. The lowest BCUT2D eigenvalue weighted by atomic mass is 10.0. The van der Waals surface area contributed by atoms with Crippen molar-refractivity contribution in [3.63, 3.8) is 0 Å². The quantitative estimate of drug-likeness (QED) is 0.0195. The van der Waals surface area contributed by atoms with Crippen LogP contribution >= 0.6 is 0 Å². The summed E-state index contributed by atoms with van der Waals surface area (Å²) >= 11 is 0. The summed E-state index contributed by atoms with van der Waals surface area (Å²) in [6, 6.07) is 0. The Hall–Kier alpha value is -4.57. The summed E-state index contributed by atoms with van der Waals surface area (Å²) in [5.74, 6) is -2.34. The third-order valence-corrected chi connectivity index (χ3v) is 11.9. The molecule has 0 saturated heterocycles. The van der Waals surface area contributed by atoms with Crippen molar-refractivity contribution in [2.75, 3.05) is 47.5 Å². The predicted molar refractivity (Wildman–Crippen MR) is 315 cm³/mol. The summed E-state index contributed by atoms with van der Waals surface area (Å²) in [7, 11) is 5.90. The van der Waals surface area contributed by atoms with Crippen LogP contribution in [0.1, 0.15) is 206 Å². The maximum atomic E-state index is 12.8. The van der Waals surface area contributed by atoms with E-state index in [2.05, 4.69) is 148 Å². The number of ether oxygens (including phenoxy) is 4. The lowest BCUT2D eigenvalue weighted by Crippen LogP contribution is -2.44. The van der Waals surface area contributed by atoms with E-state index in [1.165, 1.54) is 51.4 Å². The Morgan fingerprint density at radius 1 is 0.400 bits per heavy atom. The normalized spacial score (nSPS) is 13.8. The highest BCUT2D eigenvalue weighted by atomic mass is 16.7. The van der Waals surface area contributed by atoms with E-state index in [1.807, 2.05) is 21.1 Å². The summed E-state index contributed by atoms with van der Waals surface area (Å²) in [5, 5.41) is 11.8. The molecule has 0 aromatic carbocycles. The van der Waals surface area contributed by atoms with E-state index in [0.29, 0.717) is 23.9 Å². The molecule has 0 aromatic heterocycles. The Labute approximate surface area is 459 Å². The fourth-order valence-electron chi connectivity index (χ4n) is 7.45. The summed E-state index contributed by atoms with van der Waals surface area (Å²) in [4.78, 5) is 37.2. The lowest BCUT2D eigenvalue weighted by Gasteiger charge is -2.26. The molecule has 0 bridgehead atoms. The molecule has 0 fully saturated rings. The van der Waals surface area contributed by atoms with Gasteiger partial charge in [0.2, 0.25) is 0 Å². The van der Waals surface area contributed by atoms with Gasteiger partial charge in [-0.2, -0.15) is 0 Å². The molecule has 0 saturated carbocycles. The molecule has 75 heavy (non-hydrogen) atoms. The highest BCUT2D eigenvalue weighted by Gasteiger charge is 2.22. The number of aliphatic carboxylic acids is 1. The van der Waals surface area contributed by atoms with Gasteiger partial charge >= 0.3 is 11.9 Å². The van der Waals surface area contributed by atoms with Gasteiger partial charge in [0.25, 0.3) is 0 Å². The highest BCUT2D eigenvalue weighted by Crippen LogP contribution is 2.15. The molecule has 9 heteroatoms. The van der Waals surface area contributed by atoms with Gasteiger partial charge in [0.15, 0.2) is 12.4 Å². The van der Waals surface area contributed by atoms with Crippen LogP contribution in [0.25, 0.3) is 0 Å². The van der Waals surface area contributed by atoms with Gasteiger partial charge in [0, 0.05) is 12.8 Å². The maximum Gasteiger partial charge on any atom is 0.306 e. The topological polar surface area (TPSA) is 111 Å². The number of esters is 2. The van der Waals surface area contributed by atoms with E-state index in [1.54, 1.807) is 0 Å². The number of carbonyl (C=O) groups is 3. The van der Waals surface area contributed by atoms with Gasteiger partial charge in [-0.25, -0.2) is 0 Å². The van der Waals surface area contributed by atoms with Crippen LogP contribution in [0.15, 0.2) is 134 Å². The summed E-state index contributed by atoms with van der Waals surface area (Å²) in [6.07, 6.45) is 76.6. The molecule has 0 rings (SSSR count). The number of likely N-dealkylation sites (N-methyl/N-ethyl adjacent to an activating group) is 1. The standard InChI is InChI=1S/C66H107NO8/c1-6-8-10-12-14-16-18-20-21-22-23-24-25-26-27-28-29-30-31-32-33-34-35-36-37-38-39-40-41-42-43-45-47-49-51-53-55-57-64(69)75-62(61-74-66(65(70)71)72-59-58-67(3,4)5)60-73-63(68)56-54-52-50-48-46-44-19-17-15-13-11-9-7-2/h8-11,14-17,20-21,23-24,26-27,29-30,32-33,35-36,44,46,62,66H,6-7,12-13,18-19,22,25,28,31,34,37-43,45,47-61H2,1-5H3/b10-8-,11-9-,16-14-,17-15-,21-20-,24-23-,27-26-,30-29-,33-32-,36-35-,46-44-. The fraction of sp³-hybridized carbons (Fsp3) is 0.621. The SMILES string of the molecule is CC/C=C\C/C=C\C/C=C\C/C=C\C/C=C\C/C=C\C/C=C\C/C=C\CCCCCCCCCCCCCCC(=O)OC(COC(=O)CCCCC/C=C\C/C=C\C/C=C\CC)COC(OCC[N+](C)(C)C)C(=O)[O-]. The van der Waals surface area contributed by atoms with E-state index < -0.39 is 30.3 Å². The number of unbranched alkanes of at least 4 members (excludes halogenated alkanes) is 15. The number of carbonyl (C=O) groups excluding carboxylic acids is 3. The molecule has 424 valence electrons. The minimum absolute atomic E-state index is 0.136. The first-order chi connectivity index (χ1) is 36.6. The van der Waals surface area contributed by atoms with Crippen LogP contribution < -0.4 is 5.11 Å². The molecule has 0 aliphatic rings. The van der Waals surface area contributed by atoms with Crippen LogP contribution in [0.4, 0.5) is 0 Å². The number of allylic oxidation sites excluding steroid dienone is 22. The molecule has 0 aliphatic carbocycles. The Kier molecular flexibility index (Phi) is 52.3. The molecular formula is C66H107NO8. The average molecular weight is 1040 g/mol. The first kappa shape index (κ1) is 70.4. The number of carboxylic acids is 1. The van der Waals surface area contributed by atoms with Crippen LogP contribution in [-0.4, -0.2) is 82.3 Å². The van der Waals surface area contributed by atoms with Crippen LogP contribution in [0.5, 0.6) is 0 Å². The molecule has 2 atom stereocenters. The van der Waals surface area contributed by atoms with Gasteiger partial charge in [0.1, 0.15) is 13.2 Å². The Morgan fingerprint density at radius 2 is 0.720 bits per heavy atom.